The smallest absolute Gasteiger partial charge is 0.368 e. The fraction of sp³-hybridized carbons (Fsp3) is 0.529. The largest absolute Gasteiger partial charge is 0.419 e. The number of alkyl halides is 3. The number of carbonyl (C=O) groups is 2. The van der Waals surface area contributed by atoms with Crippen molar-refractivity contribution in [2.45, 2.75) is 25.1 Å². The van der Waals surface area contributed by atoms with Crippen LogP contribution in [0.15, 0.2) is 18.2 Å². The Kier molecular flexibility index (Phi) is 5.54. The summed E-state index contributed by atoms with van der Waals surface area (Å²) >= 11 is 0. The normalized spacial score (nSPS) is 20.7. The first kappa shape index (κ1) is 19.4. The highest BCUT2D eigenvalue weighted by Crippen LogP contribution is 2.33. The molecule has 2 heterocycles. The Morgan fingerprint density at radius 2 is 1.78 bits per heavy atom. The van der Waals surface area contributed by atoms with E-state index in [0.717, 1.165) is 12.5 Å². The predicted molar refractivity (Wildman–Crippen MR) is 87.5 cm³/mol. The third kappa shape index (κ3) is 4.49. The van der Waals surface area contributed by atoms with Gasteiger partial charge in [-0.3, -0.25) is 4.79 Å². The summed E-state index contributed by atoms with van der Waals surface area (Å²) in [7, 11) is 0. The molecule has 6 nitrogen and oxygen atoms in total. The van der Waals surface area contributed by atoms with E-state index in [0.29, 0.717) is 38.2 Å². The molecular formula is C17H19F4N3O3. The van der Waals surface area contributed by atoms with E-state index < -0.39 is 29.7 Å². The second-order valence-electron chi connectivity index (χ2n) is 6.44. The molecule has 3 amide bonds. The Balaban J connectivity index is 1.56. The van der Waals surface area contributed by atoms with Gasteiger partial charge in [-0.05, 0) is 31.0 Å². The lowest BCUT2D eigenvalue weighted by atomic mass is 10.2. The maximum Gasteiger partial charge on any atom is 0.419 e. The maximum atomic E-state index is 13.3. The summed E-state index contributed by atoms with van der Waals surface area (Å²) in [5.74, 6) is -1.50. The van der Waals surface area contributed by atoms with Crippen LogP contribution in [0.1, 0.15) is 18.4 Å². The van der Waals surface area contributed by atoms with Crippen LogP contribution >= 0.6 is 0 Å². The average molecular weight is 389 g/mol. The Morgan fingerprint density at radius 3 is 2.37 bits per heavy atom. The molecule has 1 N–H and O–H groups in total. The number of nitrogens with zero attached hydrogens (tertiary/aromatic N) is 2. The van der Waals surface area contributed by atoms with Crippen LogP contribution in [0.25, 0.3) is 0 Å². The molecular weight excluding hydrogens is 370 g/mol. The SMILES string of the molecule is O=C(Nc1ccc(F)c(C(F)(F)F)c1)N1CCN(C(=O)C2CCCO2)CC1. The molecule has 0 aromatic heterocycles. The first-order valence-corrected chi connectivity index (χ1v) is 8.59. The Bertz CT molecular complexity index is 712. The number of halogens is 4. The molecule has 0 aliphatic carbocycles. The van der Waals surface area contributed by atoms with Gasteiger partial charge in [-0.25, -0.2) is 9.18 Å². The summed E-state index contributed by atoms with van der Waals surface area (Å²) in [6.45, 7) is 1.71. The van der Waals surface area contributed by atoms with E-state index in [1.54, 1.807) is 4.90 Å². The van der Waals surface area contributed by atoms with Gasteiger partial charge >= 0.3 is 12.2 Å². The molecule has 1 unspecified atom stereocenters. The zero-order valence-electron chi connectivity index (χ0n) is 14.4. The number of anilines is 1. The van der Waals surface area contributed by atoms with Crippen LogP contribution in [0.2, 0.25) is 0 Å². The summed E-state index contributed by atoms with van der Waals surface area (Å²) in [6, 6.07) is 1.69. The van der Waals surface area contributed by atoms with Gasteiger partial charge in [-0.2, -0.15) is 13.2 Å². The molecule has 1 atom stereocenters. The van der Waals surface area contributed by atoms with Gasteiger partial charge in [0.05, 0.1) is 5.56 Å². The highest BCUT2D eigenvalue weighted by molar-refractivity contribution is 5.89. The van der Waals surface area contributed by atoms with Crippen LogP contribution in [0, 0.1) is 5.82 Å². The van der Waals surface area contributed by atoms with Gasteiger partial charge in [0.1, 0.15) is 11.9 Å². The van der Waals surface area contributed by atoms with Crippen LogP contribution in [0.5, 0.6) is 0 Å². The molecule has 10 heteroatoms. The molecule has 2 saturated heterocycles. The van der Waals surface area contributed by atoms with Gasteiger partial charge in [0, 0.05) is 38.5 Å². The number of ether oxygens (including phenoxy) is 1. The molecule has 0 saturated carbocycles. The molecule has 0 radical (unpaired) electrons. The third-order valence-electron chi connectivity index (χ3n) is 4.61. The number of carbonyl (C=O) groups excluding carboxylic acids is 2. The zero-order valence-corrected chi connectivity index (χ0v) is 14.4. The summed E-state index contributed by atoms with van der Waals surface area (Å²) in [5, 5.41) is 2.34. The second kappa shape index (κ2) is 7.71. The fourth-order valence-electron chi connectivity index (χ4n) is 3.13. The van der Waals surface area contributed by atoms with Gasteiger partial charge in [0.25, 0.3) is 5.91 Å². The van der Waals surface area contributed by atoms with E-state index in [1.807, 2.05) is 0 Å². The maximum absolute atomic E-state index is 13.3. The number of hydrogen-bond acceptors (Lipinski definition) is 3. The minimum Gasteiger partial charge on any atom is -0.368 e. The Morgan fingerprint density at radius 1 is 1.11 bits per heavy atom. The van der Waals surface area contributed by atoms with Crippen molar-refractivity contribution in [3.8, 4) is 0 Å². The van der Waals surface area contributed by atoms with Crippen LogP contribution in [0.4, 0.5) is 28.0 Å². The van der Waals surface area contributed by atoms with Crippen molar-refractivity contribution in [2.24, 2.45) is 0 Å². The van der Waals surface area contributed by atoms with Crippen molar-refractivity contribution in [1.29, 1.82) is 0 Å². The lowest BCUT2D eigenvalue weighted by molar-refractivity contribution is -0.142. The molecule has 2 fully saturated rings. The van der Waals surface area contributed by atoms with Gasteiger partial charge in [-0.15, -0.1) is 0 Å². The monoisotopic (exact) mass is 389 g/mol. The Hall–Kier alpha value is -2.36. The lowest BCUT2D eigenvalue weighted by Gasteiger charge is -2.35. The quantitative estimate of drug-likeness (QED) is 0.792. The first-order chi connectivity index (χ1) is 12.8. The third-order valence-corrected chi connectivity index (χ3v) is 4.61. The standard InChI is InChI=1S/C17H19F4N3O3/c18-13-4-3-11(10-12(13)17(19,20)21)22-16(26)24-7-5-23(6-8-24)15(25)14-2-1-9-27-14/h3-4,10,14H,1-2,5-9H2,(H,22,26). The Labute approximate surface area is 153 Å². The van der Waals surface area contributed by atoms with Crippen molar-refractivity contribution in [2.75, 3.05) is 38.1 Å². The van der Waals surface area contributed by atoms with Crippen molar-refractivity contribution in [1.82, 2.24) is 9.80 Å². The number of piperazine rings is 1. The molecule has 27 heavy (non-hydrogen) atoms. The summed E-state index contributed by atoms with van der Waals surface area (Å²) in [5.41, 5.74) is -1.58. The van der Waals surface area contributed by atoms with E-state index in [-0.39, 0.29) is 24.7 Å². The van der Waals surface area contributed by atoms with E-state index in [1.165, 1.54) is 4.90 Å². The minimum atomic E-state index is -4.85. The van der Waals surface area contributed by atoms with E-state index >= 15 is 0 Å². The van der Waals surface area contributed by atoms with Crippen molar-refractivity contribution in [3.05, 3.63) is 29.6 Å². The van der Waals surface area contributed by atoms with Crippen molar-refractivity contribution < 1.29 is 31.9 Å². The number of benzene rings is 1. The van der Waals surface area contributed by atoms with Crippen LogP contribution < -0.4 is 5.32 Å². The number of urea groups is 1. The molecule has 0 spiro atoms. The topological polar surface area (TPSA) is 61.9 Å². The second-order valence-corrected chi connectivity index (χ2v) is 6.44. The van der Waals surface area contributed by atoms with Crippen LogP contribution in [-0.4, -0.2) is 60.6 Å². The van der Waals surface area contributed by atoms with Crippen molar-refractivity contribution in [3.63, 3.8) is 0 Å². The summed E-state index contributed by atoms with van der Waals surface area (Å²) < 4.78 is 56.9. The van der Waals surface area contributed by atoms with Gasteiger partial charge in [0.2, 0.25) is 0 Å². The molecule has 1 aromatic carbocycles. The highest BCUT2D eigenvalue weighted by atomic mass is 19.4. The summed E-state index contributed by atoms with van der Waals surface area (Å²) in [4.78, 5) is 27.6. The number of nitrogens with one attached hydrogen (secondary N) is 1. The minimum absolute atomic E-state index is 0.0964. The number of amides is 3. The number of rotatable bonds is 2. The molecule has 3 rings (SSSR count). The van der Waals surface area contributed by atoms with E-state index in [9.17, 15) is 27.2 Å². The van der Waals surface area contributed by atoms with Crippen molar-refractivity contribution >= 4 is 17.6 Å². The molecule has 2 aliphatic heterocycles. The summed E-state index contributed by atoms with van der Waals surface area (Å²) in [6.07, 6.45) is -3.74. The van der Waals surface area contributed by atoms with Gasteiger partial charge in [0.15, 0.2) is 0 Å². The number of hydrogen-bond donors (Lipinski definition) is 1. The fourth-order valence-corrected chi connectivity index (χ4v) is 3.13. The molecule has 148 valence electrons. The molecule has 2 aliphatic rings. The average Bonchev–Trinajstić information content (AvgIpc) is 3.16. The first-order valence-electron chi connectivity index (χ1n) is 8.59. The molecule has 0 bridgehead atoms. The van der Waals surface area contributed by atoms with E-state index in [2.05, 4.69) is 5.32 Å². The predicted octanol–water partition coefficient (Wildman–Crippen LogP) is 2.70. The molecule has 1 aromatic rings. The lowest BCUT2D eigenvalue weighted by Crippen LogP contribution is -2.53. The van der Waals surface area contributed by atoms with Gasteiger partial charge < -0.3 is 19.9 Å². The van der Waals surface area contributed by atoms with E-state index in [4.69, 9.17) is 4.74 Å². The zero-order chi connectivity index (χ0) is 19.6. The highest BCUT2D eigenvalue weighted by Gasteiger charge is 2.35. The van der Waals surface area contributed by atoms with Crippen LogP contribution in [0.3, 0.4) is 0 Å². The van der Waals surface area contributed by atoms with Crippen LogP contribution in [-0.2, 0) is 15.7 Å². The van der Waals surface area contributed by atoms with Gasteiger partial charge in [-0.1, -0.05) is 0 Å².